The van der Waals surface area contributed by atoms with Gasteiger partial charge in [-0.3, -0.25) is 4.79 Å². The third-order valence-electron chi connectivity index (χ3n) is 3.11. The van der Waals surface area contributed by atoms with Crippen LogP contribution in [0, 0.1) is 5.92 Å². The highest BCUT2D eigenvalue weighted by Gasteiger charge is 2.05. The number of nitrogens with one attached hydrogen (secondary N) is 1. The van der Waals surface area contributed by atoms with Crippen LogP contribution in [-0.4, -0.2) is 32.8 Å². The van der Waals surface area contributed by atoms with Gasteiger partial charge in [0.25, 0.3) is 5.91 Å². The number of hydrogen-bond donors (Lipinski definition) is 1. The zero-order chi connectivity index (χ0) is 17.5. The zero-order valence-corrected chi connectivity index (χ0v) is 14.4. The predicted molar refractivity (Wildman–Crippen MR) is 94.9 cm³/mol. The van der Waals surface area contributed by atoms with Gasteiger partial charge in [0.1, 0.15) is 11.5 Å². The number of ether oxygens (including phenoxy) is 1. The molecule has 0 unspecified atom stereocenters. The number of hydrazone groups is 1. The molecule has 2 aromatic rings. The molecule has 0 radical (unpaired) electrons. The van der Waals surface area contributed by atoms with E-state index in [1.807, 2.05) is 25.1 Å². The van der Waals surface area contributed by atoms with Crippen LogP contribution in [0.3, 0.4) is 0 Å². The van der Waals surface area contributed by atoms with E-state index in [0.29, 0.717) is 23.8 Å². The Hall–Kier alpha value is -2.76. The second-order valence-electron chi connectivity index (χ2n) is 6.00. The molecule has 0 saturated heterocycles. The van der Waals surface area contributed by atoms with Crippen molar-refractivity contribution in [2.24, 2.45) is 11.0 Å². The first-order valence-corrected chi connectivity index (χ1v) is 7.79. The van der Waals surface area contributed by atoms with Gasteiger partial charge in [0.05, 0.1) is 12.8 Å². The lowest BCUT2D eigenvalue weighted by Crippen LogP contribution is -2.17. The Kier molecular flexibility index (Phi) is 6.01. The van der Waals surface area contributed by atoms with E-state index in [1.54, 1.807) is 30.3 Å². The standard InChI is InChI=1S/C18H23N3O3/c1-13(2)12-23-15-7-5-14(6-8-15)18(22)20-19-11-16-9-10-17(24-16)21(3)4/h5-11,13H,12H2,1-4H3,(H,20,22)/b19-11-. The van der Waals surface area contributed by atoms with Crippen molar-refractivity contribution in [3.63, 3.8) is 0 Å². The Morgan fingerprint density at radius 2 is 1.96 bits per heavy atom. The summed E-state index contributed by atoms with van der Waals surface area (Å²) >= 11 is 0. The Morgan fingerprint density at radius 1 is 1.25 bits per heavy atom. The normalized spacial score (nSPS) is 11.0. The van der Waals surface area contributed by atoms with E-state index in [0.717, 1.165) is 11.6 Å². The predicted octanol–water partition coefficient (Wildman–Crippen LogP) is 3.14. The lowest BCUT2D eigenvalue weighted by Gasteiger charge is -2.08. The molecular weight excluding hydrogens is 306 g/mol. The van der Waals surface area contributed by atoms with E-state index in [1.165, 1.54) is 6.21 Å². The summed E-state index contributed by atoms with van der Waals surface area (Å²) in [6.07, 6.45) is 1.46. The van der Waals surface area contributed by atoms with E-state index in [-0.39, 0.29) is 5.91 Å². The molecule has 1 aromatic heterocycles. The van der Waals surface area contributed by atoms with E-state index >= 15 is 0 Å². The van der Waals surface area contributed by atoms with Crippen LogP contribution < -0.4 is 15.1 Å². The van der Waals surface area contributed by atoms with Crippen LogP contribution in [0.2, 0.25) is 0 Å². The van der Waals surface area contributed by atoms with Gasteiger partial charge in [-0.15, -0.1) is 0 Å². The van der Waals surface area contributed by atoms with Crippen LogP contribution in [0.15, 0.2) is 45.9 Å². The quantitative estimate of drug-likeness (QED) is 0.626. The fraction of sp³-hybridized carbons (Fsp3) is 0.333. The van der Waals surface area contributed by atoms with E-state index in [9.17, 15) is 4.79 Å². The van der Waals surface area contributed by atoms with Gasteiger partial charge in [-0.2, -0.15) is 5.10 Å². The highest BCUT2D eigenvalue weighted by Crippen LogP contribution is 2.15. The summed E-state index contributed by atoms with van der Waals surface area (Å²) in [5.41, 5.74) is 2.98. The van der Waals surface area contributed by atoms with Crippen molar-refractivity contribution in [1.82, 2.24) is 5.43 Å². The summed E-state index contributed by atoms with van der Waals surface area (Å²) < 4.78 is 11.1. The maximum Gasteiger partial charge on any atom is 0.271 e. The number of carbonyl (C=O) groups excluding carboxylic acids is 1. The number of amides is 1. The molecule has 128 valence electrons. The van der Waals surface area contributed by atoms with Crippen molar-refractivity contribution in [1.29, 1.82) is 0 Å². The molecule has 1 amide bonds. The number of carbonyl (C=O) groups is 1. The van der Waals surface area contributed by atoms with Gasteiger partial charge >= 0.3 is 0 Å². The third kappa shape index (κ3) is 5.15. The molecular formula is C18H23N3O3. The van der Waals surface area contributed by atoms with Crippen LogP contribution in [0.5, 0.6) is 5.75 Å². The van der Waals surface area contributed by atoms with Gasteiger partial charge in [0.15, 0.2) is 5.88 Å². The number of furan rings is 1. The van der Waals surface area contributed by atoms with Crippen molar-refractivity contribution in [2.75, 3.05) is 25.6 Å². The molecule has 24 heavy (non-hydrogen) atoms. The molecule has 0 fully saturated rings. The lowest BCUT2D eigenvalue weighted by atomic mass is 10.2. The van der Waals surface area contributed by atoms with Gasteiger partial charge in [-0.05, 0) is 36.2 Å². The Labute approximate surface area is 142 Å². The smallest absolute Gasteiger partial charge is 0.271 e. The van der Waals surface area contributed by atoms with Crippen LogP contribution in [0.25, 0.3) is 0 Å². The Balaban J connectivity index is 1.88. The van der Waals surface area contributed by atoms with Gasteiger partial charge < -0.3 is 14.1 Å². The summed E-state index contributed by atoms with van der Waals surface area (Å²) in [5, 5.41) is 3.90. The largest absolute Gasteiger partial charge is 0.493 e. The number of nitrogens with zero attached hydrogens (tertiary/aromatic N) is 2. The number of rotatable bonds is 7. The fourth-order valence-corrected chi connectivity index (χ4v) is 1.84. The maximum atomic E-state index is 12.0. The monoisotopic (exact) mass is 329 g/mol. The molecule has 0 aliphatic rings. The van der Waals surface area contributed by atoms with Crippen LogP contribution >= 0.6 is 0 Å². The topological polar surface area (TPSA) is 67.1 Å². The summed E-state index contributed by atoms with van der Waals surface area (Å²) in [5.74, 6) is 2.20. The molecule has 1 aromatic carbocycles. The summed E-state index contributed by atoms with van der Waals surface area (Å²) in [6, 6.07) is 10.6. The second kappa shape index (κ2) is 8.19. The minimum absolute atomic E-state index is 0.291. The van der Waals surface area contributed by atoms with Gasteiger partial charge in [-0.1, -0.05) is 13.8 Å². The molecule has 0 spiro atoms. The first-order chi connectivity index (χ1) is 11.5. The van der Waals surface area contributed by atoms with Gasteiger partial charge in [0.2, 0.25) is 0 Å². The van der Waals surface area contributed by atoms with E-state index < -0.39 is 0 Å². The Bertz CT molecular complexity index is 688. The highest BCUT2D eigenvalue weighted by molar-refractivity contribution is 5.94. The fourth-order valence-electron chi connectivity index (χ4n) is 1.84. The third-order valence-corrected chi connectivity index (χ3v) is 3.11. The van der Waals surface area contributed by atoms with Crippen molar-refractivity contribution in [3.8, 4) is 5.75 Å². The van der Waals surface area contributed by atoms with Gasteiger partial charge in [-0.25, -0.2) is 5.43 Å². The Morgan fingerprint density at radius 3 is 2.54 bits per heavy atom. The maximum absolute atomic E-state index is 12.0. The first kappa shape index (κ1) is 17.6. The van der Waals surface area contributed by atoms with Crippen molar-refractivity contribution >= 4 is 18.0 Å². The molecule has 6 nitrogen and oxygen atoms in total. The summed E-state index contributed by atoms with van der Waals surface area (Å²) in [6.45, 7) is 4.81. The highest BCUT2D eigenvalue weighted by atomic mass is 16.5. The van der Waals surface area contributed by atoms with Crippen molar-refractivity contribution < 1.29 is 13.9 Å². The van der Waals surface area contributed by atoms with E-state index in [4.69, 9.17) is 9.15 Å². The van der Waals surface area contributed by atoms with Crippen LogP contribution in [0.4, 0.5) is 5.88 Å². The molecule has 1 heterocycles. The number of hydrogen-bond acceptors (Lipinski definition) is 5. The second-order valence-corrected chi connectivity index (χ2v) is 6.00. The van der Waals surface area contributed by atoms with Crippen molar-refractivity contribution in [3.05, 3.63) is 47.7 Å². The van der Waals surface area contributed by atoms with Crippen LogP contribution in [0.1, 0.15) is 30.0 Å². The zero-order valence-electron chi connectivity index (χ0n) is 14.4. The molecule has 0 aliphatic heterocycles. The summed E-state index contributed by atoms with van der Waals surface area (Å²) in [4.78, 5) is 13.9. The molecule has 2 rings (SSSR count). The molecule has 0 saturated carbocycles. The number of benzene rings is 1. The molecule has 0 bridgehead atoms. The lowest BCUT2D eigenvalue weighted by molar-refractivity contribution is 0.0955. The minimum Gasteiger partial charge on any atom is -0.493 e. The first-order valence-electron chi connectivity index (χ1n) is 7.79. The van der Waals surface area contributed by atoms with E-state index in [2.05, 4.69) is 24.4 Å². The summed E-state index contributed by atoms with van der Waals surface area (Å²) in [7, 11) is 3.77. The molecule has 6 heteroatoms. The SMILES string of the molecule is CC(C)COc1ccc(C(=O)N/N=C\c2ccc(N(C)C)o2)cc1. The number of anilines is 1. The minimum atomic E-state index is -0.291. The van der Waals surface area contributed by atoms with Gasteiger partial charge in [0, 0.05) is 25.7 Å². The van der Waals surface area contributed by atoms with Crippen LogP contribution in [-0.2, 0) is 0 Å². The molecule has 0 aliphatic carbocycles. The molecule has 1 N–H and O–H groups in total. The average Bonchev–Trinajstić information content (AvgIpc) is 3.02. The van der Waals surface area contributed by atoms with Crippen molar-refractivity contribution in [2.45, 2.75) is 13.8 Å². The molecule has 0 atom stereocenters. The average molecular weight is 329 g/mol.